The summed E-state index contributed by atoms with van der Waals surface area (Å²) in [5.41, 5.74) is 5.47. The first-order chi connectivity index (χ1) is 11.5. The lowest BCUT2D eigenvalue weighted by atomic mass is 10.2. The molecule has 0 atom stereocenters. The molecule has 24 heavy (non-hydrogen) atoms. The summed E-state index contributed by atoms with van der Waals surface area (Å²) in [6.07, 6.45) is 0.195. The van der Waals surface area contributed by atoms with Crippen molar-refractivity contribution in [2.75, 3.05) is 5.43 Å². The quantitative estimate of drug-likeness (QED) is 0.627. The van der Waals surface area contributed by atoms with Crippen molar-refractivity contribution < 1.29 is 19.0 Å². The van der Waals surface area contributed by atoms with Crippen LogP contribution < -0.4 is 15.6 Å². The fourth-order valence-electron chi connectivity index (χ4n) is 2.01. The molecule has 8 heteroatoms. The molecule has 0 bridgehead atoms. The number of ether oxygens (including phenoxy) is 1. The molecule has 1 aromatic heterocycles. The first-order valence-electron chi connectivity index (χ1n) is 6.80. The highest BCUT2D eigenvalue weighted by Crippen LogP contribution is 2.33. The normalized spacial score (nSPS) is 10.4. The van der Waals surface area contributed by atoms with Crippen LogP contribution in [0.5, 0.6) is 11.5 Å². The molecule has 0 spiro atoms. The minimum Gasteiger partial charge on any atom is -0.504 e. The third-order valence-electron chi connectivity index (χ3n) is 3.14. The summed E-state index contributed by atoms with van der Waals surface area (Å²) in [6.45, 7) is 0. The van der Waals surface area contributed by atoms with E-state index in [0.29, 0.717) is 10.7 Å². The molecule has 0 unspecified atom stereocenters. The molecule has 0 aliphatic carbocycles. The number of amides is 1. The zero-order valence-corrected chi connectivity index (χ0v) is 12.8. The van der Waals surface area contributed by atoms with Crippen molar-refractivity contribution in [3.05, 3.63) is 59.5 Å². The van der Waals surface area contributed by atoms with Crippen molar-refractivity contribution in [1.82, 2.24) is 10.4 Å². The van der Waals surface area contributed by atoms with Crippen LogP contribution in [0.25, 0.3) is 10.9 Å². The number of nitrogens with one attached hydrogen (secondary N) is 2. The van der Waals surface area contributed by atoms with E-state index in [4.69, 9.17) is 16.3 Å². The zero-order chi connectivity index (χ0) is 17.1. The van der Waals surface area contributed by atoms with Crippen LogP contribution in [-0.4, -0.2) is 16.2 Å². The van der Waals surface area contributed by atoms with Gasteiger partial charge in [0.2, 0.25) is 0 Å². The molecule has 6 nitrogen and oxygen atoms in total. The van der Waals surface area contributed by atoms with Crippen molar-refractivity contribution in [3.8, 4) is 11.5 Å². The number of halogens is 2. The Morgan fingerprint density at radius 1 is 1.21 bits per heavy atom. The number of hydrogen-bond donors (Lipinski definition) is 3. The van der Waals surface area contributed by atoms with Crippen molar-refractivity contribution in [2.45, 2.75) is 0 Å². The second-order valence-electron chi connectivity index (χ2n) is 4.75. The highest BCUT2D eigenvalue weighted by Gasteiger charge is 2.14. The number of pyridine rings is 1. The number of carbonyl (C=O) groups is 1. The van der Waals surface area contributed by atoms with E-state index in [2.05, 4.69) is 15.8 Å². The Hall–Kier alpha value is -3.06. The van der Waals surface area contributed by atoms with Gasteiger partial charge in [-0.05, 0) is 36.4 Å². The maximum absolute atomic E-state index is 13.6. The van der Waals surface area contributed by atoms with Gasteiger partial charge in [-0.1, -0.05) is 17.7 Å². The summed E-state index contributed by atoms with van der Waals surface area (Å²) in [5.74, 6) is -1.15. The van der Waals surface area contributed by atoms with Gasteiger partial charge in [0.15, 0.2) is 11.5 Å². The summed E-state index contributed by atoms with van der Waals surface area (Å²) >= 11 is 5.76. The smallest absolute Gasteiger partial charge is 0.431 e. The van der Waals surface area contributed by atoms with E-state index in [1.165, 1.54) is 18.2 Å². The lowest BCUT2D eigenvalue weighted by Gasteiger charge is -2.11. The molecule has 3 N–H and O–H groups in total. The third-order valence-corrected chi connectivity index (χ3v) is 3.39. The standard InChI is InChI=1S/C16H11ClFN3O3/c17-9-4-6-10(7-5-9)20-21-16(23)24-13-8-19-14-11(15(13)22)2-1-3-12(14)18/h1-8,20H,(H,19,22)(H,21,23). The molecule has 0 saturated heterocycles. The minimum atomic E-state index is -0.877. The summed E-state index contributed by atoms with van der Waals surface area (Å²) in [7, 11) is 0. The molecule has 0 aliphatic heterocycles. The van der Waals surface area contributed by atoms with Gasteiger partial charge in [-0.15, -0.1) is 0 Å². The molecule has 1 heterocycles. The van der Waals surface area contributed by atoms with E-state index < -0.39 is 11.9 Å². The molecule has 0 saturated carbocycles. The molecule has 0 aliphatic rings. The zero-order valence-electron chi connectivity index (χ0n) is 12.1. The van der Waals surface area contributed by atoms with E-state index in [1.54, 1.807) is 24.3 Å². The Kier molecular flexibility index (Phi) is 4.35. The van der Waals surface area contributed by atoms with Crippen LogP contribution in [0.3, 0.4) is 0 Å². The number of aromatic hydroxyl groups is 1. The van der Waals surface area contributed by atoms with Gasteiger partial charge in [0.25, 0.3) is 0 Å². The van der Waals surface area contributed by atoms with Gasteiger partial charge in [0.1, 0.15) is 11.3 Å². The second kappa shape index (κ2) is 6.59. The lowest BCUT2D eigenvalue weighted by Crippen LogP contribution is -2.32. The maximum Gasteiger partial charge on any atom is 0.431 e. The van der Waals surface area contributed by atoms with Crippen LogP contribution in [0.15, 0.2) is 48.7 Å². The van der Waals surface area contributed by atoms with Crippen molar-refractivity contribution in [1.29, 1.82) is 0 Å². The predicted molar refractivity (Wildman–Crippen MR) is 87.6 cm³/mol. The molecule has 122 valence electrons. The average Bonchev–Trinajstić information content (AvgIpc) is 2.57. The Morgan fingerprint density at radius 3 is 2.71 bits per heavy atom. The average molecular weight is 348 g/mol. The number of hydrogen-bond acceptors (Lipinski definition) is 5. The highest BCUT2D eigenvalue weighted by molar-refractivity contribution is 6.30. The monoisotopic (exact) mass is 347 g/mol. The third kappa shape index (κ3) is 3.31. The van der Waals surface area contributed by atoms with E-state index in [0.717, 1.165) is 6.20 Å². The number of rotatable bonds is 3. The molecular weight excluding hydrogens is 337 g/mol. The first kappa shape index (κ1) is 15.8. The van der Waals surface area contributed by atoms with Gasteiger partial charge in [-0.3, -0.25) is 5.43 Å². The number of benzene rings is 2. The fraction of sp³-hybridized carbons (Fsp3) is 0. The van der Waals surface area contributed by atoms with Crippen LogP contribution in [-0.2, 0) is 0 Å². The van der Waals surface area contributed by atoms with E-state index in [1.807, 2.05) is 0 Å². The Bertz CT molecular complexity index is 903. The molecule has 0 fully saturated rings. The van der Waals surface area contributed by atoms with E-state index in [9.17, 15) is 14.3 Å². The first-order valence-corrected chi connectivity index (χ1v) is 7.18. The van der Waals surface area contributed by atoms with Gasteiger partial charge < -0.3 is 9.84 Å². The second-order valence-corrected chi connectivity index (χ2v) is 5.19. The molecule has 3 rings (SSSR count). The number of anilines is 1. The van der Waals surface area contributed by atoms with Gasteiger partial charge in [-0.25, -0.2) is 19.6 Å². The maximum atomic E-state index is 13.6. The van der Waals surface area contributed by atoms with E-state index in [-0.39, 0.29) is 22.4 Å². The molecule has 2 aromatic carbocycles. The van der Waals surface area contributed by atoms with Crippen LogP contribution in [0, 0.1) is 5.82 Å². The Labute approximate surface area is 140 Å². The minimum absolute atomic E-state index is 0.0120. The fourth-order valence-corrected chi connectivity index (χ4v) is 2.14. The van der Waals surface area contributed by atoms with Crippen molar-refractivity contribution >= 4 is 34.3 Å². The highest BCUT2D eigenvalue weighted by atomic mass is 35.5. The van der Waals surface area contributed by atoms with Crippen molar-refractivity contribution in [3.63, 3.8) is 0 Å². The van der Waals surface area contributed by atoms with Crippen molar-refractivity contribution in [2.24, 2.45) is 0 Å². The van der Waals surface area contributed by atoms with Crippen LogP contribution in [0.1, 0.15) is 0 Å². The molecule has 1 amide bonds. The number of nitrogens with zero attached hydrogens (tertiary/aromatic N) is 1. The molecular formula is C16H11ClFN3O3. The predicted octanol–water partition coefficient (Wildman–Crippen LogP) is 3.85. The summed E-state index contributed by atoms with van der Waals surface area (Å²) in [6, 6.07) is 10.7. The van der Waals surface area contributed by atoms with Crippen LogP contribution in [0.2, 0.25) is 5.02 Å². The van der Waals surface area contributed by atoms with E-state index >= 15 is 0 Å². The van der Waals surface area contributed by atoms with Crippen LogP contribution >= 0.6 is 11.6 Å². The largest absolute Gasteiger partial charge is 0.504 e. The molecule has 0 radical (unpaired) electrons. The summed E-state index contributed by atoms with van der Waals surface area (Å²) in [5, 5.41) is 10.8. The number of para-hydroxylation sites is 1. The Balaban J connectivity index is 1.71. The number of carbonyl (C=O) groups excluding carboxylic acids is 1. The SMILES string of the molecule is O=C(NNc1ccc(Cl)cc1)Oc1cnc2c(F)cccc2c1O. The van der Waals surface area contributed by atoms with Gasteiger partial charge in [0.05, 0.1) is 11.9 Å². The lowest BCUT2D eigenvalue weighted by molar-refractivity contribution is 0.201. The summed E-state index contributed by atoms with van der Waals surface area (Å²) in [4.78, 5) is 15.6. The Morgan fingerprint density at radius 2 is 1.96 bits per heavy atom. The topological polar surface area (TPSA) is 83.5 Å². The number of fused-ring (bicyclic) bond motifs is 1. The number of aromatic nitrogens is 1. The number of hydrazine groups is 1. The summed E-state index contributed by atoms with van der Waals surface area (Å²) < 4.78 is 18.5. The van der Waals surface area contributed by atoms with Crippen LogP contribution in [0.4, 0.5) is 14.9 Å². The van der Waals surface area contributed by atoms with Gasteiger partial charge in [0, 0.05) is 10.4 Å². The van der Waals surface area contributed by atoms with Gasteiger partial charge >= 0.3 is 6.09 Å². The van der Waals surface area contributed by atoms with Gasteiger partial charge in [-0.2, -0.15) is 0 Å². The molecule has 3 aromatic rings.